The molecule has 0 saturated heterocycles. The minimum absolute atomic E-state index is 0.174. The molecule has 0 saturated carbocycles. The second-order valence-electron chi connectivity index (χ2n) is 5.82. The van der Waals surface area contributed by atoms with Crippen molar-refractivity contribution in [2.75, 3.05) is 45.5 Å². The third kappa shape index (κ3) is 8.06. The van der Waals surface area contributed by atoms with Gasteiger partial charge in [0, 0.05) is 25.5 Å². The van der Waals surface area contributed by atoms with Crippen LogP contribution < -0.4 is 20.1 Å². The molecule has 29 heavy (non-hydrogen) atoms. The summed E-state index contributed by atoms with van der Waals surface area (Å²) in [7, 11) is 1.59. The van der Waals surface area contributed by atoms with Gasteiger partial charge in [0.1, 0.15) is 24.7 Å². The molecular formula is C21H26N2O5S. The first kappa shape index (κ1) is 22.6. The number of carbonyl (C=O) groups is 1. The highest BCUT2D eigenvalue weighted by Gasteiger charge is 2.13. The van der Waals surface area contributed by atoms with Gasteiger partial charge in [-0.05, 0) is 43.4 Å². The molecule has 156 valence electrons. The summed E-state index contributed by atoms with van der Waals surface area (Å²) in [4.78, 5) is 12.6. The molecule has 0 aromatic heterocycles. The van der Waals surface area contributed by atoms with Crippen molar-refractivity contribution >= 4 is 28.9 Å². The molecule has 0 aliphatic rings. The predicted molar refractivity (Wildman–Crippen MR) is 116 cm³/mol. The zero-order chi connectivity index (χ0) is 20.9. The van der Waals surface area contributed by atoms with Crippen molar-refractivity contribution in [2.24, 2.45) is 0 Å². The van der Waals surface area contributed by atoms with Gasteiger partial charge in [0.15, 0.2) is 5.11 Å². The molecule has 0 fully saturated rings. The fraction of sp³-hybridized carbons (Fsp3) is 0.333. The van der Waals surface area contributed by atoms with Gasteiger partial charge in [-0.15, -0.1) is 0 Å². The Morgan fingerprint density at radius 1 is 1.00 bits per heavy atom. The summed E-state index contributed by atoms with van der Waals surface area (Å²) >= 11 is 5.26. The number of hydrogen-bond donors (Lipinski definition) is 2. The van der Waals surface area contributed by atoms with Crippen molar-refractivity contribution < 1.29 is 23.7 Å². The maximum Gasteiger partial charge on any atom is 0.261 e. The molecule has 0 bridgehead atoms. The number of thiocarbonyl (C=S) groups is 1. The normalized spacial score (nSPS) is 10.3. The number of anilines is 1. The van der Waals surface area contributed by atoms with Crippen molar-refractivity contribution in [3.63, 3.8) is 0 Å². The Labute approximate surface area is 176 Å². The lowest BCUT2D eigenvalue weighted by Crippen LogP contribution is -2.34. The summed E-state index contributed by atoms with van der Waals surface area (Å²) < 4.78 is 21.4. The fourth-order valence-electron chi connectivity index (χ4n) is 2.37. The Bertz CT molecular complexity index is 800. The van der Waals surface area contributed by atoms with E-state index in [0.717, 1.165) is 0 Å². The van der Waals surface area contributed by atoms with Crippen LogP contribution in [-0.2, 0) is 9.47 Å². The standard InChI is InChI=1S/C21H26N2O5S/c1-3-26-12-14-27-17-8-6-7-16(15-17)22-21(29)23-20(24)18-9-4-5-10-19(18)28-13-11-25-2/h4-10,15H,3,11-14H2,1-2H3,(H2,22,23,24,29). The quantitative estimate of drug-likeness (QED) is 0.428. The van der Waals surface area contributed by atoms with Gasteiger partial charge in [0.2, 0.25) is 0 Å². The smallest absolute Gasteiger partial charge is 0.261 e. The van der Waals surface area contributed by atoms with Crippen LogP contribution in [0.1, 0.15) is 17.3 Å². The number of methoxy groups -OCH3 is 1. The number of carbonyl (C=O) groups excluding carboxylic acids is 1. The van der Waals surface area contributed by atoms with Crippen molar-refractivity contribution in [1.29, 1.82) is 0 Å². The molecule has 2 rings (SSSR count). The van der Waals surface area contributed by atoms with E-state index in [1.54, 1.807) is 37.4 Å². The van der Waals surface area contributed by atoms with Gasteiger partial charge in [-0.2, -0.15) is 0 Å². The molecule has 0 heterocycles. The van der Waals surface area contributed by atoms with Crippen LogP contribution in [0, 0.1) is 0 Å². The van der Waals surface area contributed by atoms with E-state index in [-0.39, 0.29) is 11.0 Å². The van der Waals surface area contributed by atoms with E-state index < -0.39 is 0 Å². The first-order chi connectivity index (χ1) is 14.1. The third-order valence-electron chi connectivity index (χ3n) is 3.70. The summed E-state index contributed by atoms with van der Waals surface area (Å²) in [5.74, 6) is 0.787. The largest absolute Gasteiger partial charge is 0.491 e. The summed E-state index contributed by atoms with van der Waals surface area (Å²) in [6.45, 7) is 4.34. The molecule has 0 aliphatic heterocycles. The lowest BCUT2D eigenvalue weighted by Gasteiger charge is -2.13. The summed E-state index contributed by atoms with van der Waals surface area (Å²) in [6.07, 6.45) is 0. The first-order valence-corrected chi connectivity index (χ1v) is 9.68. The minimum Gasteiger partial charge on any atom is -0.491 e. The van der Waals surface area contributed by atoms with Gasteiger partial charge in [0.25, 0.3) is 5.91 Å². The lowest BCUT2D eigenvalue weighted by atomic mass is 10.2. The van der Waals surface area contributed by atoms with Crippen LogP contribution in [0.25, 0.3) is 0 Å². The Balaban J connectivity index is 1.91. The van der Waals surface area contributed by atoms with Crippen molar-refractivity contribution in [1.82, 2.24) is 5.32 Å². The van der Waals surface area contributed by atoms with Gasteiger partial charge in [-0.3, -0.25) is 10.1 Å². The minimum atomic E-state index is -0.361. The van der Waals surface area contributed by atoms with Crippen LogP contribution in [0.3, 0.4) is 0 Å². The highest BCUT2D eigenvalue weighted by atomic mass is 32.1. The van der Waals surface area contributed by atoms with Gasteiger partial charge >= 0.3 is 0 Å². The first-order valence-electron chi connectivity index (χ1n) is 9.27. The topological polar surface area (TPSA) is 78.1 Å². The van der Waals surface area contributed by atoms with Crippen LogP contribution >= 0.6 is 12.2 Å². The van der Waals surface area contributed by atoms with E-state index in [0.29, 0.717) is 55.8 Å². The van der Waals surface area contributed by atoms with Crippen LogP contribution in [0.5, 0.6) is 11.5 Å². The maximum atomic E-state index is 12.6. The molecule has 0 spiro atoms. The molecule has 8 heteroatoms. The number of hydrogen-bond acceptors (Lipinski definition) is 6. The Morgan fingerprint density at radius 2 is 1.79 bits per heavy atom. The Morgan fingerprint density at radius 3 is 2.59 bits per heavy atom. The highest BCUT2D eigenvalue weighted by molar-refractivity contribution is 7.80. The SMILES string of the molecule is CCOCCOc1cccc(NC(=S)NC(=O)c2ccccc2OCCOC)c1. The molecule has 2 N–H and O–H groups in total. The van der Waals surface area contributed by atoms with Crippen molar-refractivity contribution in [2.45, 2.75) is 6.92 Å². The highest BCUT2D eigenvalue weighted by Crippen LogP contribution is 2.19. The molecule has 2 aromatic carbocycles. The van der Waals surface area contributed by atoms with E-state index in [1.807, 2.05) is 25.1 Å². The van der Waals surface area contributed by atoms with Gasteiger partial charge in [0.05, 0.1) is 18.8 Å². The van der Waals surface area contributed by atoms with E-state index in [4.69, 9.17) is 31.2 Å². The van der Waals surface area contributed by atoms with Crippen molar-refractivity contribution in [3.8, 4) is 11.5 Å². The van der Waals surface area contributed by atoms with Crippen LogP contribution in [0.2, 0.25) is 0 Å². The van der Waals surface area contributed by atoms with Crippen LogP contribution in [0.15, 0.2) is 48.5 Å². The van der Waals surface area contributed by atoms with Gasteiger partial charge in [-0.25, -0.2) is 0 Å². The van der Waals surface area contributed by atoms with Crippen LogP contribution in [-0.4, -0.2) is 51.2 Å². The number of nitrogens with one attached hydrogen (secondary N) is 2. The summed E-state index contributed by atoms with van der Waals surface area (Å²) in [5.41, 5.74) is 1.09. The van der Waals surface area contributed by atoms with Crippen molar-refractivity contribution in [3.05, 3.63) is 54.1 Å². The number of rotatable bonds is 11. The molecule has 0 atom stereocenters. The van der Waals surface area contributed by atoms with Crippen LogP contribution in [0.4, 0.5) is 5.69 Å². The Kier molecular flexibility index (Phi) is 9.91. The van der Waals surface area contributed by atoms with E-state index in [1.165, 1.54) is 0 Å². The molecule has 1 amide bonds. The number of ether oxygens (including phenoxy) is 4. The van der Waals surface area contributed by atoms with E-state index >= 15 is 0 Å². The van der Waals surface area contributed by atoms with Gasteiger partial charge in [-0.1, -0.05) is 18.2 Å². The van der Waals surface area contributed by atoms with E-state index in [9.17, 15) is 4.79 Å². The summed E-state index contributed by atoms with van der Waals surface area (Å²) in [6, 6.07) is 14.3. The van der Waals surface area contributed by atoms with E-state index in [2.05, 4.69) is 10.6 Å². The number of amides is 1. The molecule has 2 aromatic rings. The molecule has 0 aliphatic carbocycles. The monoisotopic (exact) mass is 418 g/mol. The zero-order valence-electron chi connectivity index (χ0n) is 16.6. The lowest BCUT2D eigenvalue weighted by molar-refractivity contribution is 0.0970. The average Bonchev–Trinajstić information content (AvgIpc) is 2.72. The second-order valence-corrected chi connectivity index (χ2v) is 6.23. The predicted octanol–water partition coefficient (Wildman–Crippen LogP) is 3.25. The molecule has 0 radical (unpaired) electrons. The Hall–Kier alpha value is -2.68. The maximum absolute atomic E-state index is 12.6. The second kappa shape index (κ2) is 12.7. The number of benzene rings is 2. The van der Waals surface area contributed by atoms with Gasteiger partial charge < -0.3 is 24.3 Å². The number of para-hydroxylation sites is 1. The third-order valence-corrected chi connectivity index (χ3v) is 3.90. The molecule has 7 nitrogen and oxygen atoms in total. The fourth-order valence-corrected chi connectivity index (χ4v) is 2.58. The average molecular weight is 419 g/mol. The molecule has 0 unspecified atom stereocenters. The summed E-state index contributed by atoms with van der Waals surface area (Å²) in [5, 5.41) is 5.82. The molecular weight excluding hydrogens is 392 g/mol. The zero-order valence-corrected chi connectivity index (χ0v) is 17.4.